The van der Waals surface area contributed by atoms with E-state index in [4.69, 9.17) is 9.47 Å². The molecule has 3 rings (SSSR count). The molecular formula is C16H11BrO3. The Morgan fingerprint density at radius 1 is 1.10 bits per heavy atom. The highest BCUT2D eigenvalue weighted by Gasteiger charge is 2.14. The summed E-state index contributed by atoms with van der Waals surface area (Å²) in [4.78, 5) is 12.1. The van der Waals surface area contributed by atoms with E-state index in [1.165, 1.54) is 0 Å². The van der Waals surface area contributed by atoms with E-state index in [1.54, 1.807) is 30.4 Å². The van der Waals surface area contributed by atoms with Crippen LogP contribution in [0.1, 0.15) is 15.9 Å². The fourth-order valence-electron chi connectivity index (χ4n) is 1.93. The lowest BCUT2D eigenvalue weighted by Gasteiger charge is -1.99. The highest BCUT2D eigenvalue weighted by Crippen LogP contribution is 2.32. The van der Waals surface area contributed by atoms with Crippen LogP contribution in [0.2, 0.25) is 0 Å². The van der Waals surface area contributed by atoms with Crippen molar-refractivity contribution >= 4 is 27.8 Å². The van der Waals surface area contributed by atoms with Crippen molar-refractivity contribution in [3.8, 4) is 11.5 Å². The number of benzene rings is 2. The van der Waals surface area contributed by atoms with Gasteiger partial charge in [0.1, 0.15) is 0 Å². The molecular weight excluding hydrogens is 320 g/mol. The number of fused-ring (bicyclic) bond motifs is 1. The van der Waals surface area contributed by atoms with E-state index in [-0.39, 0.29) is 12.6 Å². The predicted molar refractivity (Wildman–Crippen MR) is 80.1 cm³/mol. The Bertz CT molecular complexity index is 692. The highest BCUT2D eigenvalue weighted by molar-refractivity contribution is 9.10. The maximum atomic E-state index is 12.1. The van der Waals surface area contributed by atoms with Crippen LogP contribution >= 0.6 is 15.9 Å². The maximum Gasteiger partial charge on any atom is 0.231 e. The number of halogens is 1. The molecule has 1 aliphatic rings. The van der Waals surface area contributed by atoms with Crippen LogP contribution in [0.5, 0.6) is 11.5 Å². The van der Waals surface area contributed by atoms with E-state index in [1.807, 2.05) is 24.3 Å². The van der Waals surface area contributed by atoms with Crippen LogP contribution in [0.3, 0.4) is 0 Å². The summed E-state index contributed by atoms with van der Waals surface area (Å²) < 4.78 is 11.5. The molecule has 0 radical (unpaired) electrons. The number of ketones is 1. The molecule has 0 saturated carbocycles. The zero-order valence-corrected chi connectivity index (χ0v) is 12.1. The van der Waals surface area contributed by atoms with Gasteiger partial charge in [-0.25, -0.2) is 0 Å². The molecule has 1 heterocycles. The summed E-state index contributed by atoms with van der Waals surface area (Å²) in [7, 11) is 0. The Hall–Kier alpha value is -2.07. The van der Waals surface area contributed by atoms with Crippen molar-refractivity contribution in [1.82, 2.24) is 0 Å². The molecule has 2 aromatic carbocycles. The van der Waals surface area contributed by atoms with Gasteiger partial charge < -0.3 is 9.47 Å². The van der Waals surface area contributed by atoms with Crippen LogP contribution in [-0.4, -0.2) is 12.6 Å². The second-order valence-corrected chi connectivity index (χ2v) is 5.24. The monoisotopic (exact) mass is 330 g/mol. The Kier molecular flexibility index (Phi) is 3.56. The van der Waals surface area contributed by atoms with E-state index < -0.39 is 0 Å². The second-order valence-electron chi connectivity index (χ2n) is 4.32. The average molecular weight is 331 g/mol. The molecule has 0 amide bonds. The third-order valence-corrected chi connectivity index (χ3v) is 3.43. The van der Waals surface area contributed by atoms with Crippen molar-refractivity contribution in [3.63, 3.8) is 0 Å². The van der Waals surface area contributed by atoms with Crippen LogP contribution in [0.15, 0.2) is 53.0 Å². The van der Waals surface area contributed by atoms with Crippen molar-refractivity contribution in [1.29, 1.82) is 0 Å². The van der Waals surface area contributed by atoms with Gasteiger partial charge in [0.25, 0.3) is 0 Å². The minimum atomic E-state index is -0.0664. The lowest BCUT2D eigenvalue weighted by molar-refractivity contribution is 0.104. The van der Waals surface area contributed by atoms with Gasteiger partial charge >= 0.3 is 0 Å². The zero-order chi connectivity index (χ0) is 13.9. The molecule has 0 aliphatic carbocycles. The Morgan fingerprint density at radius 2 is 1.95 bits per heavy atom. The minimum Gasteiger partial charge on any atom is -0.454 e. The summed E-state index contributed by atoms with van der Waals surface area (Å²) >= 11 is 3.40. The number of carbonyl (C=O) groups is 1. The summed E-state index contributed by atoms with van der Waals surface area (Å²) in [6, 6.07) is 12.9. The van der Waals surface area contributed by atoms with E-state index in [9.17, 15) is 4.79 Å². The van der Waals surface area contributed by atoms with Crippen molar-refractivity contribution in [3.05, 3.63) is 64.1 Å². The number of carbonyl (C=O) groups excluding carboxylic acids is 1. The number of hydrogen-bond acceptors (Lipinski definition) is 3. The SMILES string of the molecule is O=C(/C=C/c1cccc(Br)c1)c1ccc2c(c1)OCO2. The lowest BCUT2D eigenvalue weighted by atomic mass is 10.1. The molecule has 20 heavy (non-hydrogen) atoms. The first kappa shape index (κ1) is 12.9. The first-order valence-corrected chi connectivity index (χ1v) is 6.89. The zero-order valence-electron chi connectivity index (χ0n) is 10.5. The Balaban J connectivity index is 1.79. The standard InChI is InChI=1S/C16H11BrO3/c17-13-3-1-2-11(8-13)4-6-14(18)12-5-7-15-16(9-12)20-10-19-15/h1-9H,10H2/b6-4+. The van der Waals surface area contributed by atoms with Gasteiger partial charge in [-0.3, -0.25) is 4.79 Å². The van der Waals surface area contributed by atoms with Gasteiger partial charge in [-0.15, -0.1) is 0 Å². The smallest absolute Gasteiger partial charge is 0.231 e. The molecule has 4 heteroatoms. The molecule has 0 aromatic heterocycles. The summed E-state index contributed by atoms with van der Waals surface area (Å²) in [5, 5.41) is 0. The molecule has 2 aromatic rings. The third kappa shape index (κ3) is 2.75. The fourth-order valence-corrected chi connectivity index (χ4v) is 2.35. The fraction of sp³-hybridized carbons (Fsp3) is 0.0625. The Morgan fingerprint density at radius 3 is 2.80 bits per heavy atom. The summed E-state index contributed by atoms with van der Waals surface area (Å²) in [5.41, 5.74) is 1.55. The first-order chi connectivity index (χ1) is 9.72. The van der Waals surface area contributed by atoms with Gasteiger partial charge in [0.05, 0.1) is 0 Å². The van der Waals surface area contributed by atoms with Crippen LogP contribution in [-0.2, 0) is 0 Å². The van der Waals surface area contributed by atoms with Crippen molar-refractivity contribution in [2.24, 2.45) is 0 Å². The number of rotatable bonds is 3. The number of allylic oxidation sites excluding steroid dienone is 1. The van der Waals surface area contributed by atoms with Crippen molar-refractivity contribution in [2.45, 2.75) is 0 Å². The molecule has 0 atom stereocenters. The number of hydrogen-bond donors (Lipinski definition) is 0. The van der Waals surface area contributed by atoms with Crippen molar-refractivity contribution < 1.29 is 14.3 Å². The van der Waals surface area contributed by atoms with Crippen LogP contribution < -0.4 is 9.47 Å². The van der Waals surface area contributed by atoms with Crippen LogP contribution in [0.25, 0.3) is 6.08 Å². The van der Waals surface area contributed by atoms with E-state index >= 15 is 0 Å². The van der Waals surface area contributed by atoms with E-state index in [0.29, 0.717) is 17.1 Å². The summed E-state index contributed by atoms with van der Waals surface area (Å²) in [6.45, 7) is 0.209. The molecule has 0 N–H and O–H groups in total. The molecule has 0 bridgehead atoms. The average Bonchev–Trinajstić information content (AvgIpc) is 2.92. The Labute approximate surface area is 125 Å². The van der Waals surface area contributed by atoms with Gasteiger partial charge in [0.2, 0.25) is 6.79 Å². The minimum absolute atomic E-state index is 0.0664. The van der Waals surface area contributed by atoms with E-state index in [0.717, 1.165) is 10.0 Å². The molecule has 0 fully saturated rings. The molecule has 1 aliphatic heterocycles. The third-order valence-electron chi connectivity index (χ3n) is 2.93. The summed E-state index contributed by atoms with van der Waals surface area (Å²) in [5.74, 6) is 1.23. The second kappa shape index (κ2) is 5.51. The largest absolute Gasteiger partial charge is 0.454 e. The highest BCUT2D eigenvalue weighted by atomic mass is 79.9. The lowest BCUT2D eigenvalue weighted by Crippen LogP contribution is -1.94. The van der Waals surface area contributed by atoms with Gasteiger partial charge in [-0.2, -0.15) is 0 Å². The maximum absolute atomic E-state index is 12.1. The van der Waals surface area contributed by atoms with Crippen molar-refractivity contribution in [2.75, 3.05) is 6.79 Å². The van der Waals surface area contributed by atoms with Crippen LogP contribution in [0.4, 0.5) is 0 Å². The molecule has 0 unspecified atom stereocenters. The predicted octanol–water partition coefficient (Wildman–Crippen LogP) is 4.07. The number of ether oxygens (including phenoxy) is 2. The normalized spacial score (nSPS) is 12.8. The topological polar surface area (TPSA) is 35.5 Å². The van der Waals surface area contributed by atoms with Gasteiger partial charge in [-0.1, -0.05) is 34.1 Å². The van der Waals surface area contributed by atoms with E-state index in [2.05, 4.69) is 15.9 Å². The molecule has 3 nitrogen and oxygen atoms in total. The quantitative estimate of drug-likeness (QED) is 0.628. The molecule has 100 valence electrons. The van der Waals surface area contributed by atoms with Gasteiger partial charge in [0.15, 0.2) is 17.3 Å². The van der Waals surface area contributed by atoms with Gasteiger partial charge in [-0.05, 0) is 42.0 Å². The van der Waals surface area contributed by atoms with Gasteiger partial charge in [0, 0.05) is 10.0 Å². The first-order valence-electron chi connectivity index (χ1n) is 6.10. The molecule has 0 spiro atoms. The van der Waals surface area contributed by atoms with Crippen LogP contribution in [0, 0.1) is 0 Å². The summed E-state index contributed by atoms with van der Waals surface area (Å²) in [6.07, 6.45) is 3.34. The molecule has 0 saturated heterocycles.